The van der Waals surface area contributed by atoms with Gasteiger partial charge in [0.05, 0.1) is 21.2 Å². The van der Waals surface area contributed by atoms with Crippen LogP contribution in [0.25, 0.3) is 0 Å². The van der Waals surface area contributed by atoms with Gasteiger partial charge in [-0.1, -0.05) is 23.2 Å². The number of amides is 1. The van der Waals surface area contributed by atoms with Gasteiger partial charge in [0.2, 0.25) is 0 Å². The van der Waals surface area contributed by atoms with Crippen molar-refractivity contribution < 1.29 is 18.0 Å². The van der Waals surface area contributed by atoms with Crippen molar-refractivity contribution in [2.45, 2.75) is 6.18 Å². The number of carbonyl (C=O) groups is 1. The average Bonchev–Trinajstić information content (AvgIpc) is 2.09. The largest absolute Gasteiger partial charge is 0.417 e. The maximum Gasteiger partial charge on any atom is 0.417 e. The van der Waals surface area contributed by atoms with Gasteiger partial charge in [-0.2, -0.15) is 13.2 Å². The maximum atomic E-state index is 12.5. The van der Waals surface area contributed by atoms with Crippen molar-refractivity contribution in [3.63, 3.8) is 0 Å². The SMILES string of the molecule is NC(=O)c1c(Cl)c(Br)cc(C(F)(F)F)c1Cl. The molecule has 0 atom stereocenters. The minimum absolute atomic E-state index is 0.0975. The van der Waals surface area contributed by atoms with Crippen LogP contribution in [0, 0.1) is 0 Å². The number of benzene rings is 1. The highest BCUT2D eigenvalue weighted by Gasteiger charge is 2.36. The first-order chi connectivity index (χ1) is 7.16. The Bertz CT molecular complexity index is 462. The summed E-state index contributed by atoms with van der Waals surface area (Å²) in [6, 6.07) is 0.692. The molecule has 2 N–H and O–H groups in total. The van der Waals surface area contributed by atoms with Crippen LogP contribution in [0.1, 0.15) is 15.9 Å². The zero-order chi connectivity index (χ0) is 12.7. The molecule has 16 heavy (non-hydrogen) atoms. The molecule has 0 saturated carbocycles. The van der Waals surface area contributed by atoms with E-state index in [9.17, 15) is 18.0 Å². The summed E-state index contributed by atoms with van der Waals surface area (Å²) in [5.41, 5.74) is 3.18. The molecule has 0 spiro atoms. The third-order valence-electron chi connectivity index (χ3n) is 1.71. The van der Waals surface area contributed by atoms with E-state index in [4.69, 9.17) is 28.9 Å². The van der Waals surface area contributed by atoms with Gasteiger partial charge >= 0.3 is 6.18 Å². The van der Waals surface area contributed by atoms with Crippen molar-refractivity contribution in [1.29, 1.82) is 0 Å². The van der Waals surface area contributed by atoms with E-state index in [-0.39, 0.29) is 9.50 Å². The fourth-order valence-corrected chi connectivity index (χ4v) is 2.09. The summed E-state index contributed by atoms with van der Waals surface area (Å²) in [6.07, 6.45) is -4.69. The molecule has 0 aromatic heterocycles. The molecule has 88 valence electrons. The standard InChI is InChI=1S/C8H3BrCl2F3NO/c9-3-1-2(8(12,13)14)5(10)4(6(3)11)7(15)16/h1H,(H2,15,16). The van der Waals surface area contributed by atoms with E-state index in [1.54, 1.807) is 0 Å². The van der Waals surface area contributed by atoms with Crippen molar-refractivity contribution in [2.75, 3.05) is 0 Å². The highest BCUT2D eigenvalue weighted by atomic mass is 79.9. The van der Waals surface area contributed by atoms with Crippen LogP contribution in [0.5, 0.6) is 0 Å². The molecule has 1 aromatic carbocycles. The van der Waals surface area contributed by atoms with E-state index in [2.05, 4.69) is 15.9 Å². The van der Waals surface area contributed by atoms with Crippen LogP contribution in [0.2, 0.25) is 10.0 Å². The molecule has 1 rings (SSSR count). The molecule has 8 heteroatoms. The number of hydrogen-bond donors (Lipinski definition) is 1. The van der Waals surface area contributed by atoms with Crippen molar-refractivity contribution in [1.82, 2.24) is 0 Å². The third kappa shape index (κ3) is 2.44. The number of halogens is 6. The molecule has 0 aliphatic heterocycles. The number of rotatable bonds is 1. The smallest absolute Gasteiger partial charge is 0.366 e. The lowest BCUT2D eigenvalue weighted by Crippen LogP contribution is -2.16. The van der Waals surface area contributed by atoms with Crippen molar-refractivity contribution >= 4 is 45.0 Å². The van der Waals surface area contributed by atoms with Crippen LogP contribution >= 0.6 is 39.1 Å². The Morgan fingerprint density at radius 3 is 2.19 bits per heavy atom. The zero-order valence-electron chi connectivity index (χ0n) is 7.33. The summed E-state index contributed by atoms with van der Waals surface area (Å²) < 4.78 is 37.4. The molecule has 1 amide bonds. The lowest BCUT2D eigenvalue weighted by atomic mass is 10.1. The Morgan fingerprint density at radius 2 is 1.81 bits per heavy atom. The second kappa shape index (κ2) is 4.43. The molecule has 0 aliphatic carbocycles. The first-order valence-electron chi connectivity index (χ1n) is 3.70. The van der Waals surface area contributed by atoms with Gasteiger partial charge in [-0.3, -0.25) is 4.79 Å². The van der Waals surface area contributed by atoms with Crippen LogP contribution in [-0.2, 0) is 6.18 Å². The van der Waals surface area contributed by atoms with E-state index in [1.165, 1.54) is 0 Å². The normalized spacial score (nSPS) is 11.6. The lowest BCUT2D eigenvalue weighted by Gasteiger charge is -2.13. The van der Waals surface area contributed by atoms with Crippen LogP contribution in [0.4, 0.5) is 13.2 Å². The Kier molecular flexibility index (Phi) is 3.76. The predicted molar refractivity (Wildman–Crippen MR) is 57.7 cm³/mol. The van der Waals surface area contributed by atoms with Gasteiger partial charge in [0.1, 0.15) is 0 Å². The summed E-state index contributed by atoms with van der Waals surface area (Å²) in [5, 5.41) is -1.04. The van der Waals surface area contributed by atoms with E-state index < -0.39 is 28.2 Å². The maximum absolute atomic E-state index is 12.5. The molecular weight excluding hydrogens is 334 g/mol. The summed E-state index contributed by atoms with van der Waals surface area (Å²) >= 11 is 13.8. The van der Waals surface area contributed by atoms with Gasteiger partial charge in [-0.25, -0.2) is 0 Å². The Balaban J connectivity index is 3.64. The highest BCUT2D eigenvalue weighted by Crippen LogP contribution is 2.41. The molecule has 1 aromatic rings. The quantitative estimate of drug-likeness (QED) is 0.777. The van der Waals surface area contributed by atoms with Gasteiger partial charge in [-0.05, 0) is 22.0 Å². The van der Waals surface area contributed by atoms with Crippen LogP contribution in [0.15, 0.2) is 10.5 Å². The minimum Gasteiger partial charge on any atom is -0.366 e. The molecule has 0 aliphatic rings. The Hall–Kier alpha value is -0.460. The number of hydrogen-bond acceptors (Lipinski definition) is 1. The van der Waals surface area contributed by atoms with Gasteiger partial charge in [-0.15, -0.1) is 0 Å². The van der Waals surface area contributed by atoms with Gasteiger partial charge in [0, 0.05) is 4.47 Å². The Morgan fingerprint density at radius 1 is 1.31 bits per heavy atom. The first-order valence-corrected chi connectivity index (χ1v) is 5.25. The zero-order valence-corrected chi connectivity index (χ0v) is 10.4. The van der Waals surface area contributed by atoms with Gasteiger partial charge in [0.25, 0.3) is 5.91 Å². The minimum atomic E-state index is -4.69. The fraction of sp³-hybridized carbons (Fsp3) is 0.125. The monoisotopic (exact) mass is 335 g/mol. The summed E-state index contributed by atoms with van der Waals surface area (Å²) in [5.74, 6) is -1.12. The van der Waals surface area contributed by atoms with Crippen LogP contribution in [-0.4, -0.2) is 5.91 Å². The molecule has 0 heterocycles. The fourth-order valence-electron chi connectivity index (χ4n) is 1.03. The van der Waals surface area contributed by atoms with E-state index >= 15 is 0 Å². The highest BCUT2D eigenvalue weighted by molar-refractivity contribution is 9.10. The summed E-state index contributed by atoms with van der Waals surface area (Å²) in [7, 11) is 0. The summed E-state index contributed by atoms with van der Waals surface area (Å²) in [4.78, 5) is 10.9. The topological polar surface area (TPSA) is 43.1 Å². The second-order valence-electron chi connectivity index (χ2n) is 2.77. The second-order valence-corrected chi connectivity index (χ2v) is 4.38. The van der Waals surface area contributed by atoms with E-state index in [1.807, 2.05) is 0 Å². The number of carbonyl (C=O) groups excluding carboxylic acids is 1. The summed E-state index contributed by atoms with van der Waals surface area (Å²) in [6.45, 7) is 0. The van der Waals surface area contributed by atoms with Gasteiger partial charge < -0.3 is 5.73 Å². The molecular formula is C8H3BrCl2F3NO. The first kappa shape index (κ1) is 13.6. The van der Waals surface area contributed by atoms with Crippen molar-refractivity contribution in [3.8, 4) is 0 Å². The van der Waals surface area contributed by atoms with Gasteiger partial charge in [0.15, 0.2) is 0 Å². The molecule has 0 unspecified atom stereocenters. The van der Waals surface area contributed by atoms with Crippen LogP contribution < -0.4 is 5.73 Å². The molecule has 0 saturated heterocycles. The molecule has 0 fully saturated rings. The Labute approximate surface area is 107 Å². The van der Waals surface area contributed by atoms with E-state index in [0.29, 0.717) is 6.07 Å². The van der Waals surface area contributed by atoms with Crippen molar-refractivity contribution in [2.24, 2.45) is 5.73 Å². The molecule has 2 nitrogen and oxygen atoms in total. The van der Waals surface area contributed by atoms with Crippen molar-refractivity contribution in [3.05, 3.63) is 31.7 Å². The average molecular weight is 337 g/mol. The number of primary amides is 1. The molecule has 0 radical (unpaired) electrons. The van der Waals surface area contributed by atoms with E-state index in [0.717, 1.165) is 0 Å². The number of nitrogens with two attached hydrogens (primary N) is 1. The lowest BCUT2D eigenvalue weighted by molar-refractivity contribution is -0.137. The predicted octanol–water partition coefficient (Wildman–Crippen LogP) is 3.87. The van der Waals surface area contributed by atoms with Crippen LogP contribution in [0.3, 0.4) is 0 Å². The number of alkyl halides is 3. The molecule has 0 bridgehead atoms. The third-order valence-corrected chi connectivity index (χ3v) is 3.35.